The van der Waals surface area contributed by atoms with Gasteiger partial charge < -0.3 is 18.9 Å². The Morgan fingerprint density at radius 3 is 2.35 bits per heavy atom. The minimum absolute atomic E-state index is 0.231. The normalized spacial score (nSPS) is 14.8. The summed E-state index contributed by atoms with van der Waals surface area (Å²) in [5.74, 6) is 1.87. The number of nitrogens with zero attached hydrogens (tertiary/aromatic N) is 1. The third-order valence-corrected chi connectivity index (χ3v) is 3.67. The predicted molar refractivity (Wildman–Crippen MR) is 97.6 cm³/mol. The van der Waals surface area contributed by atoms with E-state index in [0.717, 1.165) is 11.3 Å². The van der Waals surface area contributed by atoms with E-state index in [4.69, 9.17) is 18.9 Å². The molecule has 0 fully saturated rings. The molecule has 0 saturated carbocycles. The Bertz CT molecular complexity index is 820. The molecule has 0 bridgehead atoms. The summed E-state index contributed by atoms with van der Waals surface area (Å²) in [6.07, 6.45) is 2.04. The van der Waals surface area contributed by atoms with Crippen LogP contribution >= 0.6 is 0 Å². The van der Waals surface area contributed by atoms with Crippen LogP contribution in [0.3, 0.4) is 0 Å². The summed E-state index contributed by atoms with van der Waals surface area (Å²) < 4.78 is 21.2. The number of hydrogen-bond acceptors (Lipinski definition) is 6. The minimum Gasteiger partial charge on any atom is -0.497 e. The fourth-order valence-corrected chi connectivity index (χ4v) is 2.40. The summed E-state index contributed by atoms with van der Waals surface area (Å²) in [4.78, 5) is 16.3. The van der Waals surface area contributed by atoms with Gasteiger partial charge in [-0.15, -0.1) is 0 Å². The van der Waals surface area contributed by atoms with Crippen LogP contribution in [0.5, 0.6) is 17.2 Å². The van der Waals surface area contributed by atoms with E-state index in [1.165, 1.54) is 0 Å². The van der Waals surface area contributed by atoms with Gasteiger partial charge in [0.25, 0.3) is 0 Å². The quantitative estimate of drug-likeness (QED) is 0.563. The van der Waals surface area contributed by atoms with Crippen molar-refractivity contribution in [3.63, 3.8) is 0 Å². The first-order chi connectivity index (χ1) is 12.7. The van der Waals surface area contributed by atoms with Gasteiger partial charge in [0.2, 0.25) is 5.90 Å². The van der Waals surface area contributed by atoms with Gasteiger partial charge in [0.1, 0.15) is 17.2 Å². The highest BCUT2D eigenvalue weighted by Crippen LogP contribution is 2.25. The molecule has 3 rings (SSSR count). The number of aliphatic imine (C=N–C) groups is 1. The Morgan fingerprint density at radius 2 is 1.69 bits per heavy atom. The average Bonchev–Trinajstić information content (AvgIpc) is 3.01. The lowest BCUT2D eigenvalue weighted by Gasteiger charge is -2.05. The molecule has 0 saturated heterocycles. The van der Waals surface area contributed by atoms with Gasteiger partial charge >= 0.3 is 5.97 Å². The molecule has 1 aliphatic rings. The van der Waals surface area contributed by atoms with Crippen molar-refractivity contribution in [1.82, 2.24) is 0 Å². The molecule has 6 heteroatoms. The molecule has 0 aliphatic carbocycles. The monoisotopic (exact) mass is 353 g/mol. The van der Waals surface area contributed by atoms with Gasteiger partial charge in [0, 0.05) is 6.07 Å². The van der Waals surface area contributed by atoms with Gasteiger partial charge in [0.15, 0.2) is 5.70 Å². The maximum atomic E-state index is 12.0. The summed E-state index contributed by atoms with van der Waals surface area (Å²) in [7, 11) is 3.14. The van der Waals surface area contributed by atoms with Crippen molar-refractivity contribution in [2.24, 2.45) is 4.99 Å². The van der Waals surface area contributed by atoms with Crippen molar-refractivity contribution < 1.29 is 23.7 Å². The standard InChI is InChI=1S/C20H19NO5/c1-23-16-10-14(11-17(13-16)24-2)12-18-20(22)26-19(21-18)8-9-25-15-6-4-3-5-7-15/h3-7,10-13H,8-9H2,1-2H3/b18-12+. The Balaban J connectivity index is 1.68. The molecule has 2 aromatic carbocycles. The summed E-state index contributed by atoms with van der Waals surface area (Å²) in [5.41, 5.74) is 0.966. The lowest BCUT2D eigenvalue weighted by atomic mass is 10.1. The number of para-hydroxylation sites is 1. The topological polar surface area (TPSA) is 66.3 Å². The number of rotatable bonds is 7. The van der Waals surface area contributed by atoms with E-state index in [1.54, 1.807) is 38.5 Å². The van der Waals surface area contributed by atoms with E-state index < -0.39 is 5.97 Å². The summed E-state index contributed by atoms with van der Waals surface area (Å²) in [6, 6.07) is 14.8. The van der Waals surface area contributed by atoms with Crippen LogP contribution in [0, 0.1) is 0 Å². The van der Waals surface area contributed by atoms with Crippen LogP contribution in [0.2, 0.25) is 0 Å². The lowest BCUT2D eigenvalue weighted by Crippen LogP contribution is -2.08. The number of ether oxygens (including phenoxy) is 4. The van der Waals surface area contributed by atoms with Crippen LogP contribution in [0.1, 0.15) is 12.0 Å². The maximum absolute atomic E-state index is 12.0. The second kappa shape index (κ2) is 8.20. The van der Waals surface area contributed by atoms with E-state index in [-0.39, 0.29) is 5.70 Å². The van der Waals surface area contributed by atoms with Gasteiger partial charge in [-0.05, 0) is 35.9 Å². The molecule has 0 unspecified atom stereocenters. The number of carbonyl (C=O) groups is 1. The first kappa shape index (κ1) is 17.5. The van der Waals surface area contributed by atoms with E-state index >= 15 is 0 Å². The van der Waals surface area contributed by atoms with E-state index in [2.05, 4.69) is 4.99 Å². The van der Waals surface area contributed by atoms with Crippen molar-refractivity contribution in [2.75, 3.05) is 20.8 Å². The van der Waals surface area contributed by atoms with E-state index in [0.29, 0.717) is 30.4 Å². The first-order valence-electron chi connectivity index (χ1n) is 8.10. The molecular weight excluding hydrogens is 334 g/mol. The highest BCUT2D eigenvalue weighted by molar-refractivity contribution is 6.07. The highest BCUT2D eigenvalue weighted by Gasteiger charge is 2.22. The Hall–Kier alpha value is -3.28. The van der Waals surface area contributed by atoms with Gasteiger partial charge in [-0.25, -0.2) is 9.79 Å². The number of carbonyl (C=O) groups excluding carboxylic acids is 1. The smallest absolute Gasteiger partial charge is 0.363 e. The summed E-state index contributed by atoms with van der Waals surface area (Å²) >= 11 is 0. The second-order valence-electron chi connectivity index (χ2n) is 5.48. The predicted octanol–water partition coefficient (Wildman–Crippen LogP) is 3.47. The summed E-state index contributed by atoms with van der Waals surface area (Å²) in [5, 5.41) is 0. The number of benzene rings is 2. The molecule has 134 valence electrons. The minimum atomic E-state index is -0.485. The first-order valence-corrected chi connectivity index (χ1v) is 8.10. The second-order valence-corrected chi connectivity index (χ2v) is 5.48. The molecule has 0 atom stereocenters. The molecule has 1 heterocycles. The zero-order valence-corrected chi connectivity index (χ0v) is 14.6. The van der Waals surface area contributed by atoms with Gasteiger partial charge in [-0.2, -0.15) is 0 Å². The molecule has 0 radical (unpaired) electrons. The summed E-state index contributed by atoms with van der Waals surface area (Å²) in [6.45, 7) is 0.371. The lowest BCUT2D eigenvalue weighted by molar-refractivity contribution is -0.130. The molecule has 0 aromatic heterocycles. The largest absolute Gasteiger partial charge is 0.497 e. The number of hydrogen-bond donors (Lipinski definition) is 0. The SMILES string of the molecule is COc1cc(/C=C2/N=C(CCOc3ccccc3)OC2=O)cc(OC)c1. The molecule has 26 heavy (non-hydrogen) atoms. The van der Waals surface area contributed by atoms with Crippen LogP contribution in [-0.4, -0.2) is 32.7 Å². The van der Waals surface area contributed by atoms with Crippen molar-refractivity contribution in [2.45, 2.75) is 6.42 Å². The van der Waals surface area contributed by atoms with E-state index in [1.807, 2.05) is 30.3 Å². The van der Waals surface area contributed by atoms with Gasteiger partial charge in [0.05, 0.1) is 27.2 Å². The molecular formula is C20H19NO5. The van der Waals surface area contributed by atoms with Crippen LogP contribution in [-0.2, 0) is 9.53 Å². The van der Waals surface area contributed by atoms with Gasteiger partial charge in [-0.1, -0.05) is 18.2 Å². The van der Waals surface area contributed by atoms with Gasteiger partial charge in [-0.3, -0.25) is 0 Å². The molecule has 2 aromatic rings. The Kier molecular flexibility index (Phi) is 5.53. The third kappa shape index (κ3) is 4.42. The maximum Gasteiger partial charge on any atom is 0.363 e. The highest BCUT2D eigenvalue weighted by atomic mass is 16.6. The zero-order chi connectivity index (χ0) is 18.4. The number of cyclic esters (lactones) is 1. The zero-order valence-electron chi connectivity index (χ0n) is 14.6. The molecule has 1 aliphatic heterocycles. The fraction of sp³-hybridized carbons (Fsp3) is 0.200. The van der Waals surface area contributed by atoms with Crippen LogP contribution in [0.4, 0.5) is 0 Å². The molecule has 6 nitrogen and oxygen atoms in total. The Labute approximate surface area is 151 Å². The number of esters is 1. The van der Waals surface area contributed by atoms with Crippen molar-refractivity contribution >= 4 is 17.9 Å². The van der Waals surface area contributed by atoms with Crippen LogP contribution in [0.25, 0.3) is 6.08 Å². The number of methoxy groups -OCH3 is 2. The van der Waals surface area contributed by atoms with Crippen molar-refractivity contribution in [3.05, 3.63) is 59.8 Å². The van der Waals surface area contributed by atoms with Crippen LogP contribution in [0.15, 0.2) is 59.2 Å². The average molecular weight is 353 g/mol. The Morgan fingerprint density at radius 1 is 1.00 bits per heavy atom. The molecule has 0 spiro atoms. The third-order valence-electron chi connectivity index (χ3n) is 3.67. The molecule has 0 N–H and O–H groups in total. The fourth-order valence-electron chi connectivity index (χ4n) is 2.40. The van der Waals surface area contributed by atoms with Crippen molar-refractivity contribution in [1.29, 1.82) is 0 Å². The molecule has 0 amide bonds. The van der Waals surface area contributed by atoms with Crippen molar-refractivity contribution in [3.8, 4) is 17.2 Å². The van der Waals surface area contributed by atoms with E-state index in [9.17, 15) is 4.79 Å². The van der Waals surface area contributed by atoms with Crippen LogP contribution < -0.4 is 14.2 Å².